The van der Waals surface area contributed by atoms with Crippen LogP contribution in [0.4, 0.5) is 0 Å². The zero-order chi connectivity index (χ0) is 17.4. The third-order valence-corrected chi connectivity index (χ3v) is 4.97. The van der Waals surface area contributed by atoms with Gasteiger partial charge in [0.05, 0.1) is 11.4 Å². The molecule has 4 rings (SSSR count). The average Bonchev–Trinajstić information content (AvgIpc) is 3.27. The number of aryl methyl sites for hydroxylation is 2. The molecular weight excluding hydrogens is 316 g/mol. The summed E-state index contributed by atoms with van der Waals surface area (Å²) in [5.74, 6) is 0.0220. The highest BCUT2D eigenvalue weighted by atomic mass is 16.6. The van der Waals surface area contributed by atoms with Crippen LogP contribution in [0.1, 0.15) is 35.7 Å². The molecule has 2 aromatic rings. The van der Waals surface area contributed by atoms with Crippen molar-refractivity contribution in [2.24, 2.45) is 5.16 Å². The Morgan fingerprint density at radius 1 is 1.32 bits per heavy atom. The first-order valence-electron chi connectivity index (χ1n) is 8.78. The largest absolute Gasteiger partial charge is 0.382 e. The fraction of sp³-hybridized carbons (Fsp3) is 0.421. The van der Waals surface area contributed by atoms with Crippen LogP contribution in [0.2, 0.25) is 0 Å². The molecule has 130 valence electrons. The average molecular weight is 338 g/mol. The van der Waals surface area contributed by atoms with E-state index < -0.39 is 6.10 Å². The lowest BCUT2D eigenvalue weighted by Gasteiger charge is -2.30. The second-order valence-electron chi connectivity index (χ2n) is 6.60. The second kappa shape index (κ2) is 6.35. The fourth-order valence-corrected chi connectivity index (χ4v) is 3.52. The van der Waals surface area contributed by atoms with Gasteiger partial charge in [-0.25, -0.2) is 0 Å². The summed E-state index contributed by atoms with van der Waals surface area (Å²) in [7, 11) is 0. The Morgan fingerprint density at radius 2 is 2.12 bits per heavy atom. The van der Waals surface area contributed by atoms with Gasteiger partial charge in [-0.3, -0.25) is 9.48 Å². The number of rotatable bonds is 3. The minimum atomic E-state index is -0.523. The molecule has 1 amide bonds. The van der Waals surface area contributed by atoms with Crippen LogP contribution in [0.25, 0.3) is 0 Å². The van der Waals surface area contributed by atoms with Gasteiger partial charge in [-0.1, -0.05) is 29.4 Å². The van der Waals surface area contributed by atoms with Gasteiger partial charge in [0.25, 0.3) is 5.91 Å². The molecule has 2 aliphatic heterocycles. The molecule has 0 aliphatic carbocycles. The van der Waals surface area contributed by atoms with Gasteiger partial charge >= 0.3 is 0 Å². The molecule has 1 aromatic heterocycles. The molecule has 0 radical (unpaired) electrons. The van der Waals surface area contributed by atoms with Crippen LogP contribution in [0.3, 0.4) is 0 Å². The molecule has 0 fully saturated rings. The van der Waals surface area contributed by atoms with E-state index in [9.17, 15) is 4.79 Å². The van der Waals surface area contributed by atoms with Crippen LogP contribution in [-0.4, -0.2) is 38.9 Å². The van der Waals surface area contributed by atoms with Crippen molar-refractivity contribution in [2.75, 3.05) is 6.54 Å². The summed E-state index contributed by atoms with van der Waals surface area (Å²) in [5, 5.41) is 8.62. The van der Waals surface area contributed by atoms with Gasteiger partial charge in [0.15, 0.2) is 0 Å². The van der Waals surface area contributed by atoms with Gasteiger partial charge in [0.1, 0.15) is 0 Å². The summed E-state index contributed by atoms with van der Waals surface area (Å²) >= 11 is 0. The van der Waals surface area contributed by atoms with Crippen molar-refractivity contribution in [3.05, 3.63) is 52.8 Å². The van der Waals surface area contributed by atoms with Crippen molar-refractivity contribution in [3.63, 3.8) is 0 Å². The Morgan fingerprint density at radius 3 is 2.88 bits per heavy atom. The Labute approximate surface area is 147 Å². The van der Waals surface area contributed by atoms with Crippen LogP contribution >= 0.6 is 0 Å². The minimum Gasteiger partial charge on any atom is -0.382 e. The Bertz CT molecular complexity index is 840. The number of aromatic nitrogens is 2. The molecule has 0 saturated carbocycles. The van der Waals surface area contributed by atoms with Gasteiger partial charge in [0, 0.05) is 37.8 Å². The molecule has 6 nitrogen and oxygen atoms in total. The van der Waals surface area contributed by atoms with E-state index in [1.165, 1.54) is 11.1 Å². The van der Waals surface area contributed by atoms with Gasteiger partial charge < -0.3 is 9.74 Å². The van der Waals surface area contributed by atoms with Crippen molar-refractivity contribution < 1.29 is 9.63 Å². The van der Waals surface area contributed by atoms with Gasteiger partial charge in [0.2, 0.25) is 6.10 Å². The normalized spacial score (nSPS) is 19.4. The zero-order valence-corrected chi connectivity index (χ0v) is 14.6. The first-order valence-corrected chi connectivity index (χ1v) is 8.78. The smallest absolute Gasteiger partial charge is 0.267 e. The lowest BCUT2D eigenvalue weighted by molar-refractivity contribution is -0.143. The van der Waals surface area contributed by atoms with E-state index in [0.29, 0.717) is 13.0 Å². The van der Waals surface area contributed by atoms with Crippen LogP contribution < -0.4 is 0 Å². The Hall–Kier alpha value is -2.63. The molecule has 25 heavy (non-hydrogen) atoms. The van der Waals surface area contributed by atoms with E-state index in [4.69, 9.17) is 4.84 Å². The molecule has 1 aromatic carbocycles. The predicted molar refractivity (Wildman–Crippen MR) is 94.2 cm³/mol. The van der Waals surface area contributed by atoms with E-state index in [0.717, 1.165) is 36.5 Å². The van der Waals surface area contributed by atoms with E-state index >= 15 is 0 Å². The summed E-state index contributed by atoms with van der Waals surface area (Å²) in [6, 6.07) is 8.30. The fourth-order valence-electron chi connectivity index (χ4n) is 3.52. The molecule has 2 aliphatic rings. The summed E-state index contributed by atoms with van der Waals surface area (Å²) in [4.78, 5) is 20.2. The molecule has 3 heterocycles. The molecule has 0 spiro atoms. The van der Waals surface area contributed by atoms with E-state index in [-0.39, 0.29) is 5.91 Å². The predicted octanol–water partition coefficient (Wildman–Crippen LogP) is 2.29. The SMILES string of the molecule is CCn1cc(C2=NO[C@H](C(=O)N3CCc4ccccc4C3)C2)c(C)n1. The quantitative estimate of drug-likeness (QED) is 0.863. The lowest BCUT2D eigenvalue weighted by Crippen LogP contribution is -2.42. The van der Waals surface area contributed by atoms with Crippen LogP contribution in [0, 0.1) is 6.92 Å². The number of hydrogen-bond acceptors (Lipinski definition) is 4. The maximum atomic E-state index is 12.8. The number of nitrogens with zero attached hydrogens (tertiary/aromatic N) is 4. The van der Waals surface area contributed by atoms with Crippen molar-refractivity contribution in [3.8, 4) is 0 Å². The number of carbonyl (C=O) groups excluding carboxylic acids is 1. The summed E-state index contributed by atoms with van der Waals surface area (Å²) in [6.07, 6.45) is 2.85. The molecule has 0 saturated heterocycles. The molecule has 0 N–H and O–H groups in total. The molecule has 1 atom stereocenters. The summed E-state index contributed by atoms with van der Waals surface area (Å²) in [5.41, 5.74) is 5.26. The number of fused-ring (bicyclic) bond motifs is 1. The Kier molecular flexibility index (Phi) is 4.03. The van der Waals surface area contributed by atoms with Crippen LogP contribution in [0.15, 0.2) is 35.6 Å². The number of oxime groups is 1. The number of amides is 1. The highest BCUT2D eigenvalue weighted by Crippen LogP contribution is 2.24. The van der Waals surface area contributed by atoms with Gasteiger partial charge in [-0.15, -0.1) is 0 Å². The molecular formula is C19H22N4O2. The zero-order valence-electron chi connectivity index (χ0n) is 14.6. The van der Waals surface area contributed by atoms with E-state index in [2.05, 4.69) is 28.5 Å². The third kappa shape index (κ3) is 2.92. The van der Waals surface area contributed by atoms with Crippen molar-refractivity contribution in [1.82, 2.24) is 14.7 Å². The standard InChI is InChI=1S/C19H22N4O2/c1-3-23-12-16(13(2)20-23)17-10-18(25-21-17)19(24)22-9-8-14-6-4-5-7-15(14)11-22/h4-7,12,18H,3,8-11H2,1-2H3/t18-/m0/s1. The van der Waals surface area contributed by atoms with Crippen molar-refractivity contribution >= 4 is 11.6 Å². The molecule has 0 unspecified atom stereocenters. The molecule has 6 heteroatoms. The summed E-state index contributed by atoms with van der Waals surface area (Å²) < 4.78 is 1.88. The number of carbonyl (C=O) groups is 1. The maximum Gasteiger partial charge on any atom is 0.267 e. The van der Waals surface area contributed by atoms with E-state index in [1.54, 1.807) is 0 Å². The van der Waals surface area contributed by atoms with Gasteiger partial charge in [-0.05, 0) is 31.4 Å². The number of benzene rings is 1. The first kappa shape index (κ1) is 15.9. The first-order chi connectivity index (χ1) is 12.2. The van der Waals surface area contributed by atoms with Crippen molar-refractivity contribution in [1.29, 1.82) is 0 Å². The lowest BCUT2D eigenvalue weighted by atomic mass is 9.99. The highest BCUT2D eigenvalue weighted by Gasteiger charge is 2.34. The van der Waals surface area contributed by atoms with Gasteiger partial charge in [-0.2, -0.15) is 5.10 Å². The highest BCUT2D eigenvalue weighted by molar-refractivity contribution is 6.04. The van der Waals surface area contributed by atoms with Crippen LogP contribution in [-0.2, 0) is 29.1 Å². The van der Waals surface area contributed by atoms with E-state index in [1.807, 2.05) is 35.7 Å². The monoisotopic (exact) mass is 338 g/mol. The number of hydrogen-bond donors (Lipinski definition) is 0. The molecule has 0 bridgehead atoms. The van der Waals surface area contributed by atoms with Crippen molar-refractivity contribution in [2.45, 2.75) is 45.9 Å². The summed E-state index contributed by atoms with van der Waals surface area (Å²) in [6.45, 7) is 6.20. The Balaban J connectivity index is 1.44. The third-order valence-electron chi connectivity index (χ3n) is 4.97. The maximum absolute atomic E-state index is 12.8. The minimum absolute atomic E-state index is 0.0220. The van der Waals surface area contributed by atoms with Crippen LogP contribution in [0.5, 0.6) is 0 Å². The second-order valence-corrected chi connectivity index (χ2v) is 6.60. The topological polar surface area (TPSA) is 59.7 Å².